The van der Waals surface area contributed by atoms with E-state index in [1.165, 1.54) is 0 Å². The number of alkyl halides is 9. The highest BCUT2D eigenvalue weighted by atomic mass is 19.4. The third kappa shape index (κ3) is 3.01. The molecule has 0 aliphatic rings. The highest BCUT2D eigenvalue weighted by molar-refractivity contribution is 5.17. The Morgan fingerprint density at radius 3 is 1.44 bits per heavy atom. The monoisotopic (exact) mass is 264 g/mol. The molecule has 0 bridgehead atoms. The van der Waals surface area contributed by atoms with Gasteiger partial charge in [-0.05, 0) is 0 Å². The molecule has 0 aliphatic heterocycles. The Morgan fingerprint density at radius 2 is 1.25 bits per heavy atom. The summed E-state index contributed by atoms with van der Waals surface area (Å²) in [5.41, 5.74) is -5.96. The van der Waals surface area contributed by atoms with Crippen molar-refractivity contribution in [3.63, 3.8) is 0 Å². The Morgan fingerprint density at radius 1 is 0.875 bits per heavy atom. The van der Waals surface area contributed by atoms with Crippen molar-refractivity contribution < 1.29 is 43.9 Å². The molecule has 1 atom stereocenters. The van der Waals surface area contributed by atoms with Crippen molar-refractivity contribution in [2.75, 3.05) is 0 Å². The fourth-order valence-electron chi connectivity index (χ4n) is 0.612. The van der Waals surface area contributed by atoms with Gasteiger partial charge < -0.3 is 0 Å². The third-order valence-corrected chi connectivity index (χ3v) is 1.35. The molecule has 0 N–H and O–H groups in total. The fourth-order valence-corrected chi connectivity index (χ4v) is 0.612. The molecule has 0 radical (unpaired) electrons. The summed E-state index contributed by atoms with van der Waals surface area (Å²) >= 11 is 0. The van der Waals surface area contributed by atoms with Gasteiger partial charge in [-0.3, -0.25) is 0 Å². The van der Waals surface area contributed by atoms with E-state index in [4.69, 9.17) is 0 Å². The summed E-state index contributed by atoms with van der Waals surface area (Å²) in [4.78, 5) is 0. The summed E-state index contributed by atoms with van der Waals surface area (Å²) in [6.45, 7) is 0. The fraction of sp³-hybridized carbons (Fsp3) is 0.667. The van der Waals surface area contributed by atoms with Crippen molar-refractivity contribution in [2.45, 2.75) is 24.4 Å². The maximum absolute atomic E-state index is 12.5. The van der Waals surface area contributed by atoms with Crippen LogP contribution in [0, 0.1) is 0 Å². The molecule has 0 rings (SSSR count). The summed E-state index contributed by atoms with van der Waals surface area (Å²) in [5.74, 6) is -3.64. The zero-order valence-corrected chi connectivity index (χ0v) is 6.93. The van der Waals surface area contributed by atoms with Gasteiger partial charge in [-0.25, -0.2) is 17.6 Å². The van der Waals surface area contributed by atoms with Crippen LogP contribution in [0.2, 0.25) is 0 Å². The molecule has 0 saturated heterocycles. The van der Waals surface area contributed by atoms with Gasteiger partial charge in [-0.2, -0.15) is 26.3 Å². The van der Waals surface area contributed by atoms with Gasteiger partial charge in [0.05, 0.1) is 6.08 Å². The first-order chi connectivity index (χ1) is 6.82. The van der Waals surface area contributed by atoms with Gasteiger partial charge in [0.15, 0.2) is 5.83 Å². The van der Waals surface area contributed by atoms with Crippen LogP contribution in [0.4, 0.5) is 43.9 Å². The molecule has 10 heteroatoms. The molecule has 0 nitrogen and oxygen atoms in total. The second kappa shape index (κ2) is 4.13. The lowest BCUT2D eigenvalue weighted by atomic mass is 10.0. The lowest BCUT2D eigenvalue weighted by Gasteiger charge is -2.25. The summed E-state index contributed by atoms with van der Waals surface area (Å²) in [5, 5.41) is 0. The second-order valence-electron chi connectivity index (χ2n) is 2.54. The molecule has 0 amide bonds. The molecule has 0 aromatic carbocycles. The lowest BCUT2D eigenvalue weighted by Crippen LogP contribution is -2.48. The van der Waals surface area contributed by atoms with E-state index in [0.717, 1.165) is 0 Å². The van der Waals surface area contributed by atoms with E-state index in [9.17, 15) is 43.9 Å². The highest BCUT2D eigenvalue weighted by Crippen LogP contribution is 2.45. The molecule has 0 spiro atoms. The van der Waals surface area contributed by atoms with Crippen LogP contribution >= 0.6 is 0 Å². The van der Waals surface area contributed by atoms with Crippen LogP contribution in [0.25, 0.3) is 0 Å². The molecule has 0 aromatic heterocycles. The number of rotatable bonds is 2. The summed E-state index contributed by atoms with van der Waals surface area (Å²) in [7, 11) is 0. The third-order valence-electron chi connectivity index (χ3n) is 1.35. The van der Waals surface area contributed by atoms with Crippen molar-refractivity contribution in [2.24, 2.45) is 0 Å². The maximum Gasteiger partial charge on any atom is 0.434 e. The zero-order chi connectivity index (χ0) is 13.4. The molecule has 0 aromatic rings. The summed E-state index contributed by atoms with van der Waals surface area (Å²) < 4.78 is 117. The minimum Gasteiger partial charge on any atom is -0.219 e. The minimum atomic E-state index is -6.49. The first kappa shape index (κ1) is 15.0. The van der Waals surface area contributed by atoms with Crippen molar-refractivity contribution in [1.82, 2.24) is 0 Å². The van der Waals surface area contributed by atoms with Crippen molar-refractivity contribution in [1.29, 1.82) is 0 Å². The van der Waals surface area contributed by atoms with E-state index in [0.29, 0.717) is 0 Å². The molecule has 16 heavy (non-hydrogen) atoms. The maximum atomic E-state index is 12.5. The molecule has 96 valence electrons. The molecule has 0 aliphatic carbocycles. The Bertz CT molecular complexity index is 270. The van der Waals surface area contributed by atoms with E-state index in [2.05, 4.69) is 0 Å². The Balaban J connectivity index is 5.50. The molecule has 0 saturated carbocycles. The topological polar surface area (TPSA) is 0 Å². The molecular weight excluding hydrogens is 262 g/mol. The van der Waals surface area contributed by atoms with Crippen LogP contribution in [0.3, 0.4) is 0 Å². The van der Waals surface area contributed by atoms with E-state index in [1.54, 1.807) is 0 Å². The molecule has 0 fully saturated rings. The normalized spacial score (nSPS) is 18.8. The van der Waals surface area contributed by atoms with Crippen LogP contribution in [0.15, 0.2) is 11.9 Å². The molecular formula is C6H2F10. The van der Waals surface area contributed by atoms with Gasteiger partial charge in [0.25, 0.3) is 6.43 Å². The van der Waals surface area contributed by atoms with Gasteiger partial charge in [0.1, 0.15) is 0 Å². The van der Waals surface area contributed by atoms with Crippen molar-refractivity contribution in [3.8, 4) is 0 Å². The average molecular weight is 264 g/mol. The minimum absolute atomic E-state index is 1.80. The van der Waals surface area contributed by atoms with Gasteiger partial charge in [-0.15, -0.1) is 0 Å². The average Bonchev–Trinajstić information content (AvgIpc) is 1.96. The van der Waals surface area contributed by atoms with Gasteiger partial charge >= 0.3 is 18.0 Å². The predicted octanol–water partition coefficient (Wildman–Crippen LogP) is 3.94. The smallest absolute Gasteiger partial charge is 0.219 e. The van der Waals surface area contributed by atoms with E-state index < -0.39 is 36.3 Å². The number of hydrogen-bond donors (Lipinski definition) is 0. The second-order valence-corrected chi connectivity index (χ2v) is 2.54. The molecule has 1 unspecified atom stereocenters. The highest BCUT2D eigenvalue weighted by Gasteiger charge is 2.66. The van der Waals surface area contributed by atoms with E-state index in [-0.39, 0.29) is 0 Å². The van der Waals surface area contributed by atoms with E-state index >= 15 is 0 Å². The van der Waals surface area contributed by atoms with Gasteiger partial charge in [0.2, 0.25) is 0 Å². The summed E-state index contributed by atoms with van der Waals surface area (Å²) in [6.07, 6.45) is -19.0. The Kier molecular flexibility index (Phi) is 3.88. The molecule has 0 heterocycles. The van der Waals surface area contributed by atoms with Crippen molar-refractivity contribution in [3.05, 3.63) is 11.9 Å². The SMILES string of the molecule is FC(=CC(F)(F)F)C(F)(C(F)F)C(F)(F)F. The quantitative estimate of drug-likeness (QED) is 0.663. The lowest BCUT2D eigenvalue weighted by molar-refractivity contribution is -0.258. The zero-order valence-electron chi connectivity index (χ0n) is 6.93. The van der Waals surface area contributed by atoms with Gasteiger partial charge in [0, 0.05) is 0 Å². The first-order valence-corrected chi connectivity index (χ1v) is 3.31. The Hall–Kier alpha value is -0.960. The standard InChI is InChI=1S/C6H2F10/c7-2(1-4(10,11)12)5(13,3(8)9)6(14,15)16/h1,3H. The van der Waals surface area contributed by atoms with Crippen LogP contribution in [-0.4, -0.2) is 24.4 Å². The Labute approximate surface area is 81.5 Å². The number of hydrogen-bond acceptors (Lipinski definition) is 0. The predicted molar refractivity (Wildman–Crippen MR) is 31.1 cm³/mol. The van der Waals surface area contributed by atoms with Crippen LogP contribution in [-0.2, 0) is 0 Å². The summed E-state index contributed by atoms with van der Waals surface area (Å²) in [6, 6.07) is 0. The number of allylic oxidation sites excluding steroid dienone is 2. The van der Waals surface area contributed by atoms with Crippen LogP contribution < -0.4 is 0 Å². The van der Waals surface area contributed by atoms with Gasteiger partial charge in [-0.1, -0.05) is 0 Å². The largest absolute Gasteiger partial charge is 0.434 e. The van der Waals surface area contributed by atoms with Crippen LogP contribution in [0.5, 0.6) is 0 Å². The number of halogens is 10. The first-order valence-electron chi connectivity index (χ1n) is 3.31. The van der Waals surface area contributed by atoms with Crippen LogP contribution in [0.1, 0.15) is 0 Å². The van der Waals surface area contributed by atoms with E-state index in [1.807, 2.05) is 0 Å². The van der Waals surface area contributed by atoms with Crippen molar-refractivity contribution >= 4 is 0 Å².